The van der Waals surface area contributed by atoms with Crippen LogP contribution in [0.5, 0.6) is 11.5 Å². The Kier molecular flexibility index (Phi) is 2.93. The first-order valence-electron chi connectivity index (χ1n) is 5.91. The standard InChI is InChI=1S/C14H10F3NO2/c15-7-3-10(16)14(17)11(4-7)18-12-6-20-13-5-8(19)1-2-9(12)13/h1-5,12,18-19H,6H2. The molecule has 0 radical (unpaired) electrons. The van der Waals surface area contributed by atoms with Crippen molar-refractivity contribution in [1.82, 2.24) is 0 Å². The van der Waals surface area contributed by atoms with E-state index in [1.54, 1.807) is 6.07 Å². The number of anilines is 1. The van der Waals surface area contributed by atoms with Crippen LogP contribution in [0.2, 0.25) is 0 Å². The number of nitrogens with one attached hydrogen (secondary N) is 1. The predicted octanol–water partition coefficient (Wildman–Crippen LogP) is 3.36. The Morgan fingerprint density at radius 2 is 1.95 bits per heavy atom. The van der Waals surface area contributed by atoms with Crippen molar-refractivity contribution < 1.29 is 23.0 Å². The monoisotopic (exact) mass is 281 g/mol. The predicted molar refractivity (Wildman–Crippen MR) is 66.3 cm³/mol. The molecule has 6 heteroatoms. The summed E-state index contributed by atoms with van der Waals surface area (Å²) in [6.07, 6.45) is 0. The Labute approximate surface area is 112 Å². The number of phenols is 1. The number of phenolic OH excluding ortho intramolecular Hbond substituents is 1. The van der Waals surface area contributed by atoms with Crippen molar-refractivity contribution in [2.75, 3.05) is 11.9 Å². The lowest BCUT2D eigenvalue weighted by Gasteiger charge is -2.14. The number of halogens is 3. The third-order valence-electron chi connectivity index (χ3n) is 3.10. The molecule has 1 heterocycles. The Morgan fingerprint density at radius 3 is 2.75 bits per heavy atom. The van der Waals surface area contributed by atoms with Gasteiger partial charge >= 0.3 is 0 Å². The molecule has 1 atom stereocenters. The van der Waals surface area contributed by atoms with Crippen molar-refractivity contribution in [3.8, 4) is 11.5 Å². The highest BCUT2D eigenvalue weighted by Crippen LogP contribution is 2.37. The minimum absolute atomic E-state index is 0.0485. The third-order valence-corrected chi connectivity index (χ3v) is 3.10. The largest absolute Gasteiger partial charge is 0.508 e. The van der Waals surface area contributed by atoms with Crippen molar-refractivity contribution in [3.63, 3.8) is 0 Å². The van der Waals surface area contributed by atoms with Crippen molar-refractivity contribution >= 4 is 5.69 Å². The van der Waals surface area contributed by atoms with Crippen LogP contribution in [0.25, 0.3) is 0 Å². The summed E-state index contributed by atoms with van der Waals surface area (Å²) in [6, 6.07) is 5.43. The van der Waals surface area contributed by atoms with Crippen LogP contribution in [-0.2, 0) is 0 Å². The second-order valence-electron chi connectivity index (χ2n) is 4.48. The van der Waals surface area contributed by atoms with Crippen LogP contribution in [0.1, 0.15) is 11.6 Å². The van der Waals surface area contributed by atoms with E-state index in [-0.39, 0.29) is 18.0 Å². The summed E-state index contributed by atoms with van der Waals surface area (Å²) in [7, 11) is 0. The molecule has 1 aliphatic rings. The molecule has 2 aromatic carbocycles. The van der Waals surface area contributed by atoms with E-state index in [4.69, 9.17) is 4.74 Å². The fourth-order valence-electron chi connectivity index (χ4n) is 2.17. The summed E-state index contributed by atoms with van der Waals surface area (Å²) in [5.41, 5.74) is 0.420. The first-order chi connectivity index (χ1) is 9.54. The molecule has 1 unspecified atom stereocenters. The van der Waals surface area contributed by atoms with E-state index in [0.29, 0.717) is 17.4 Å². The van der Waals surface area contributed by atoms with E-state index in [0.717, 1.165) is 6.07 Å². The number of ether oxygens (including phenoxy) is 1. The third kappa shape index (κ3) is 2.13. The molecular formula is C14H10F3NO2. The smallest absolute Gasteiger partial charge is 0.182 e. The minimum Gasteiger partial charge on any atom is -0.508 e. The van der Waals surface area contributed by atoms with Crippen LogP contribution >= 0.6 is 0 Å². The van der Waals surface area contributed by atoms with Gasteiger partial charge in [-0.1, -0.05) is 0 Å². The van der Waals surface area contributed by atoms with Crippen LogP contribution < -0.4 is 10.1 Å². The molecule has 1 aliphatic heterocycles. The lowest BCUT2D eigenvalue weighted by atomic mass is 10.1. The number of aromatic hydroxyl groups is 1. The summed E-state index contributed by atoms with van der Waals surface area (Å²) in [5.74, 6) is -2.75. The van der Waals surface area contributed by atoms with E-state index in [2.05, 4.69) is 5.32 Å². The van der Waals surface area contributed by atoms with Gasteiger partial charge < -0.3 is 15.2 Å². The van der Waals surface area contributed by atoms with E-state index in [9.17, 15) is 18.3 Å². The molecule has 0 aromatic heterocycles. The Bertz CT molecular complexity index is 676. The van der Waals surface area contributed by atoms with Crippen LogP contribution in [0.15, 0.2) is 30.3 Å². The second-order valence-corrected chi connectivity index (χ2v) is 4.48. The van der Waals surface area contributed by atoms with Crippen LogP contribution in [-0.4, -0.2) is 11.7 Å². The Hall–Kier alpha value is -2.37. The maximum Gasteiger partial charge on any atom is 0.182 e. The highest BCUT2D eigenvalue weighted by Gasteiger charge is 2.25. The average molecular weight is 281 g/mol. The van der Waals surface area contributed by atoms with Gasteiger partial charge in [-0.3, -0.25) is 0 Å². The van der Waals surface area contributed by atoms with Crippen molar-refractivity contribution in [1.29, 1.82) is 0 Å². The zero-order chi connectivity index (χ0) is 14.3. The number of fused-ring (bicyclic) bond motifs is 1. The minimum atomic E-state index is -1.25. The number of rotatable bonds is 2. The SMILES string of the molecule is Oc1ccc2c(c1)OCC2Nc1cc(F)cc(F)c1F. The van der Waals surface area contributed by atoms with Crippen LogP contribution in [0, 0.1) is 17.5 Å². The van der Waals surface area contributed by atoms with Crippen molar-refractivity contribution in [2.24, 2.45) is 0 Å². The maximum atomic E-state index is 13.6. The molecule has 0 spiro atoms. The summed E-state index contributed by atoms with van der Waals surface area (Å²) in [5, 5.41) is 12.0. The number of hydrogen-bond acceptors (Lipinski definition) is 3. The quantitative estimate of drug-likeness (QED) is 0.829. The first-order valence-corrected chi connectivity index (χ1v) is 5.91. The maximum absolute atomic E-state index is 13.6. The van der Waals surface area contributed by atoms with Gasteiger partial charge in [0.25, 0.3) is 0 Å². The van der Waals surface area contributed by atoms with Gasteiger partial charge in [0.05, 0.1) is 11.7 Å². The molecule has 0 amide bonds. The lowest BCUT2D eigenvalue weighted by molar-refractivity contribution is 0.337. The molecular weight excluding hydrogens is 271 g/mol. The molecule has 0 bridgehead atoms. The van der Waals surface area contributed by atoms with E-state index in [1.165, 1.54) is 12.1 Å². The Morgan fingerprint density at radius 1 is 1.15 bits per heavy atom. The summed E-state index contributed by atoms with van der Waals surface area (Å²) in [6.45, 7) is 0.177. The lowest BCUT2D eigenvalue weighted by Crippen LogP contribution is -2.13. The number of benzene rings is 2. The van der Waals surface area contributed by atoms with Gasteiger partial charge in [-0.15, -0.1) is 0 Å². The highest BCUT2D eigenvalue weighted by atomic mass is 19.2. The fraction of sp³-hybridized carbons (Fsp3) is 0.143. The van der Waals surface area contributed by atoms with Gasteiger partial charge in [0.1, 0.15) is 23.9 Å². The molecule has 0 saturated carbocycles. The molecule has 0 fully saturated rings. The summed E-state index contributed by atoms with van der Waals surface area (Å²) >= 11 is 0. The van der Waals surface area contributed by atoms with Crippen LogP contribution in [0.3, 0.4) is 0 Å². The Balaban J connectivity index is 1.91. The molecule has 0 saturated heterocycles. The highest BCUT2D eigenvalue weighted by molar-refractivity contribution is 5.52. The van der Waals surface area contributed by atoms with Crippen LogP contribution in [0.4, 0.5) is 18.9 Å². The van der Waals surface area contributed by atoms with Gasteiger partial charge in [-0.25, -0.2) is 13.2 Å². The normalized spacial score (nSPS) is 16.6. The topological polar surface area (TPSA) is 41.5 Å². The molecule has 3 nitrogen and oxygen atoms in total. The molecule has 0 aliphatic carbocycles. The average Bonchev–Trinajstić information content (AvgIpc) is 2.77. The fourth-order valence-corrected chi connectivity index (χ4v) is 2.17. The van der Waals surface area contributed by atoms with Gasteiger partial charge in [-0.05, 0) is 12.1 Å². The summed E-state index contributed by atoms with van der Waals surface area (Å²) < 4.78 is 45.2. The van der Waals surface area contributed by atoms with Crippen molar-refractivity contribution in [2.45, 2.75) is 6.04 Å². The van der Waals surface area contributed by atoms with E-state index < -0.39 is 23.5 Å². The van der Waals surface area contributed by atoms with Crippen molar-refractivity contribution in [3.05, 3.63) is 53.3 Å². The first kappa shape index (κ1) is 12.7. The van der Waals surface area contributed by atoms with E-state index in [1.807, 2.05) is 0 Å². The van der Waals surface area contributed by atoms with Gasteiger partial charge in [0.2, 0.25) is 0 Å². The van der Waals surface area contributed by atoms with E-state index >= 15 is 0 Å². The molecule has 2 aromatic rings. The van der Waals surface area contributed by atoms with Gasteiger partial charge in [0, 0.05) is 23.8 Å². The molecule has 2 N–H and O–H groups in total. The zero-order valence-corrected chi connectivity index (χ0v) is 10.2. The van der Waals surface area contributed by atoms with Gasteiger partial charge in [-0.2, -0.15) is 0 Å². The molecule has 3 rings (SSSR count). The zero-order valence-electron chi connectivity index (χ0n) is 10.2. The second kappa shape index (κ2) is 4.63. The molecule has 20 heavy (non-hydrogen) atoms. The van der Waals surface area contributed by atoms with Gasteiger partial charge in [0.15, 0.2) is 11.6 Å². The molecule has 104 valence electrons. The number of hydrogen-bond donors (Lipinski definition) is 2. The summed E-state index contributed by atoms with van der Waals surface area (Å²) in [4.78, 5) is 0.